The number of piperidine rings is 1. The van der Waals surface area contributed by atoms with E-state index in [1.165, 1.54) is 17.0 Å². The lowest BCUT2D eigenvalue weighted by Gasteiger charge is -2.45. The number of carbonyl (C=O) groups is 2. The zero-order valence-corrected chi connectivity index (χ0v) is 19.4. The molecule has 0 saturated carbocycles. The van der Waals surface area contributed by atoms with E-state index in [0.717, 1.165) is 36.6 Å². The second-order valence-electron chi connectivity index (χ2n) is 9.44. The molecule has 0 unspecified atom stereocenters. The van der Waals surface area contributed by atoms with Crippen LogP contribution >= 0.6 is 0 Å². The van der Waals surface area contributed by atoms with Gasteiger partial charge in [0.2, 0.25) is 0 Å². The maximum atomic E-state index is 14.0. The number of amides is 2. The van der Waals surface area contributed by atoms with E-state index in [0.29, 0.717) is 34.7 Å². The molecule has 6 rings (SSSR count). The first-order chi connectivity index (χ1) is 16.8. The number of aromatic nitrogens is 2. The van der Waals surface area contributed by atoms with Crippen LogP contribution in [0.15, 0.2) is 36.4 Å². The first-order valence-electron chi connectivity index (χ1n) is 11.7. The Balaban J connectivity index is 1.39. The van der Waals surface area contributed by atoms with Crippen LogP contribution < -0.4 is 9.64 Å². The summed E-state index contributed by atoms with van der Waals surface area (Å²) in [6.45, 7) is -0.0208. The van der Waals surface area contributed by atoms with Gasteiger partial charge in [0.1, 0.15) is 17.4 Å². The molecule has 9 heteroatoms. The molecule has 2 amide bonds. The number of nitrogens with zero attached hydrogens (tertiary/aromatic N) is 4. The van der Waals surface area contributed by atoms with Crippen molar-refractivity contribution in [3.05, 3.63) is 64.9 Å². The highest BCUT2D eigenvalue weighted by molar-refractivity contribution is 6.01. The van der Waals surface area contributed by atoms with Crippen LogP contribution in [-0.2, 0) is 18.3 Å². The van der Waals surface area contributed by atoms with Gasteiger partial charge in [-0.15, -0.1) is 0 Å². The number of aryl methyl sites for hydroxylation is 1. The molecule has 0 aliphatic carbocycles. The highest BCUT2D eigenvalue weighted by Crippen LogP contribution is 2.45. The first-order valence-corrected chi connectivity index (χ1v) is 11.7. The zero-order chi connectivity index (χ0) is 24.4. The minimum absolute atomic E-state index is 0.0208. The van der Waals surface area contributed by atoms with Crippen LogP contribution in [0.2, 0.25) is 0 Å². The number of fused-ring (bicyclic) bond motifs is 5. The molecule has 3 aliphatic heterocycles. The van der Waals surface area contributed by atoms with Crippen LogP contribution in [0.5, 0.6) is 5.75 Å². The fraction of sp³-hybridized carbons (Fsp3) is 0.346. The smallest absolute Gasteiger partial charge is 0.264 e. The molecule has 180 valence electrons. The lowest BCUT2D eigenvalue weighted by Crippen LogP contribution is -2.50. The Morgan fingerprint density at radius 3 is 2.63 bits per heavy atom. The van der Waals surface area contributed by atoms with Gasteiger partial charge >= 0.3 is 0 Å². The highest BCUT2D eigenvalue weighted by atomic mass is 19.1. The third-order valence-electron chi connectivity index (χ3n) is 7.34. The van der Waals surface area contributed by atoms with E-state index in [1.807, 2.05) is 4.90 Å². The van der Waals surface area contributed by atoms with Crippen LogP contribution in [0.25, 0.3) is 11.3 Å². The van der Waals surface area contributed by atoms with Gasteiger partial charge in [0.25, 0.3) is 11.8 Å². The first kappa shape index (κ1) is 21.8. The normalized spacial score (nSPS) is 20.9. The number of hydrogen-bond donors (Lipinski definition) is 0. The molecule has 1 fully saturated rings. The van der Waals surface area contributed by atoms with Crippen molar-refractivity contribution in [2.24, 2.45) is 7.05 Å². The van der Waals surface area contributed by atoms with Crippen molar-refractivity contribution >= 4 is 17.5 Å². The molecule has 2 aromatic carbocycles. The van der Waals surface area contributed by atoms with E-state index in [1.54, 1.807) is 37.0 Å². The van der Waals surface area contributed by atoms with Crippen molar-refractivity contribution in [2.75, 3.05) is 18.6 Å². The van der Waals surface area contributed by atoms with Crippen LogP contribution in [0.3, 0.4) is 0 Å². The number of halogens is 2. The number of benzene rings is 2. The Morgan fingerprint density at radius 1 is 1.09 bits per heavy atom. The predicted molar refractivity (Wildman–Crippen MR) is 124 cm³/mol. The number of rotatable bonds is 2. The van der Waals surface area contributed by atoms with Gasteiger partial charge in [0.05, 0.1) is 23.1 Å². The van der Waals surface area contributed by atoms with Crippen molar-refractivity contribution in [3.8, 4) is 17.0 Å². The van der Waals surface area contributed by atoms with Crippen molar-refractivity contribution in [1.29, 1.82) is 0 Å². The number of ether oxygens (including phenoxy) is 1. The number of carbonyl (C=O) groups excluding carboxylic acids is 2. The van der Waals surface area contributed by atoms with Gasteiger partial charge in [-0.05, 0) is 56.0 Å². The summed E-state index contributed by atoms with van der Waals surface area (Å²) in [7, 11) is 3.44. The van der Waals surface area contributed by atoms with E-state index in [4.69, 9.17) is 9.84 Å². The largest absolute Gasteiger partial charge is 0.482 e. The molecule has 1 saturated heterocycles. The van der Waals surface area contributed by atoms with Gasteiger partial charge in [-0.2, -0.15) is 5.10 Å². The van der Waals surface area contributed by atoms with Crippen molar-refractivity contribution < 1.29 is 23.1 Å². The SMILES string of the molecule is CN1C(=O)COc2ccc(C(=O)N3[C@@H]4CCC[C@H]3c3nn(C)c(-c5cc(F)cc(F)c5)c3C4)cc21. The average molecular weight is 478 g/mol. The molecule has 2 bridgehead atoms. The van der Waals surface area contributed by atoms with Crippen LogP contribution in [-0.4, -0.2) is 46.2 Å². The van der Waals surface area contributed by atoms with E-state index in [2.05, 4.69) is 0 Å². The number of likely N-dealkylation sites (N-methyl/N-ethyl adjacent to an activating group) is 1. The van der Waals surface area contributed by atoms with Crippen LogP contribution in [0.1, 0.15) is 46.9 Å². The summed E-state index contributed by atoms with van der Waals surface area (Å²) >= 11 is 0. The molecule has 2 atom stereocenters. The van der Waals surface area contributed by atoms with Gasteiger partial charge < -0.3 is 14.5 Å². The summed E-state index contributed by atoms with van der Waals surface area (Å²) in [4.78, 5) is 29.3. The lowest BCUT2D eigenvalue weighted by molar-refractivity contribution is -0.121. The maximum Gasteiger partial charge on any atom is 0.264 e. The van der Waals surface area contributed by atoms with Gasteiger partial charge in [0.15, 0.2) is 6.61 Å². The second kappa shape index (κ2) is 7.90. The van der Waals surface area contributed by atoms with Crippen molar-refractivity contribution in [3.63, 3.8) is 0 Å². The van der Waals surface area contributed by atoms with Gasteiger partial charge in [-0.1, -0.05) is 0 Å². The Kier molecular flexibility index (Phi) is 4.91. The summed E-state index contributed by atoms with van der Waals surface area (Å²) in [6.07, 6.45) is 3.12. The fourth-order valence-corrected chi connectivity index (χ4v) is 5.75. The summed E-state index contributed by atoms with van der Waals surface area (Å²) in [5.41, 5.74) is 3.92. The highest BCUT2D eigenvalue weighted by Gasteiger charge is 2.43. The molecule has 3 aliphatic rings. The molecule has 0 radical (unpaired) electrons. The van der Waals surface area contributed by atoms with Crippen molar-refractivity contribution in [1.82, 2.24) is 14.7 Å². The Hall–Kier alpha value is -3.75. The predicted octanol–water partition coefficient (Wildman–Crippen LogP) is 4.01. The summed E-state index contributed by atoms with van der Waals surface area (Å²) in [6, 6.07) is 8.39. The fourth-order valence-electron chi connectivity index (χ4n) is 5.75. The van der Waals surface area contributed by atoms with E-state index < -0.39 is 11.6 Å². The van der Waals surface area contributed by atoms with Gasteiger partial charge in [0, 0.05) is 42.9 Å². The molecule has 0 spiro atoms. The zero-order valence-electron chi connectivity index (χ0n) is 19.4. The summed E-state index contributed by atoms with van der Waals surface area (Å²) in [5, 5.41) is 4.73. The van der Waals surface area contributed by atoms with E-state index in [-0.39, 0.29) is 30.5 Å². The molecular weight excluding hydrogens is 454 g/mol. The minimum atomic E-state index is -0.636. The molecule has 1 aromatic heterocycles. The standard InChI is InChI=1S/C26H24F2N4O3/c1-30-21-10-14(6-7-22(21)35-13-23(30)33)26(34)32-18-4-3-5-20(32)24-19(12-18)25(31(2)29-24)15-8-16(27)11-17(28)9-15/h6-11,18,20H,3-5,12-13H2,1-2H3/t18-,20+/m1/s1. The van der Waals surface area contributed by atoms with E-state index in [9.17, 15) is 18.4 Å². The Labute approximate surface area is 200 Å². The average Bonchev–Trinajstić information content (AvgIpc) is 3.15. The molecular formula is C26H24F2N4O3. The molecule has 4 heterocycles. The molecule has 35 heavy (non-hydrogen) atoms. The van der Waals surface area contributed by atoms with Crippen LogP contribution in [0, 0.1) is 11.6 Å². The maximum absolute atomic E-state index is 14.0. The topological polar surface area (TPSA) is 67.7 Å². The minimum Gasteiger partial charge on any atom is -0.482 e. The Morgan fingerprint density at radius 2 is 1.86 bits per heavy atom. The number of anilines is 1. The molecule has 3 aromatic rings. The third-order valence-corrected chi connectivity index (χ3v) is 7.34. The van der Waals surface area contributed by atoms with Gasteiger partial charge in [-0.3, -0.25) is 14.3 Å². The van der Waals surface area contributed by atoms with E-state index >= 15 is 0 Å². The molecule has 0 N–H and O–H groups in total. The van der Waals surface area contributed by atoms with Crippen molar-refractivity contribution in [2.45, 2.75) is 37.8 Å². The Bertz CT molecular complexity index is 1360. The number of hydrogen-bond acceptors (Lipinski definition) is 4. The monoisotopic (exact) mass is 478 g/mol. The van der Waals surface area contributed by atoms with Gasteiger partial charge in [-0.25, -0.2) is 8.78 Å². The summed E-state index contributed by atoms with van der Waals surface area (Å²) in [5.74, 6) is -0.994. The van der Waals surface area contributed by atoms with Crippen LogP contribution in [0.4, 0.5) is 14.5 Å². The second-order valence-corrected chi connectivity index (χ2v) is 9.44. The third kappa shape index (κ3) is 3.40. The lowest BCUT2D eigenvalue weighted by atomic mass is 9.81. The quantitative estimate of drug-likeness (QED) is 0.558. The summed E-state index contributed by atoms with van der Waals surface area (Å²) < 4.78 is 35.1. The molecule has 7 nitrogen and oxygen atoms in total.